The van der Waals surface area contributed by atoms with Gasteiger partial charge in [-0.05, 0) is 24.6 Å². The van der Waals surface area contributed by atoms with Gasteiger partial charge in [0.1, 0.15) is 6.42 Å². The third-order valence-corrected chi connectivity index (χ3v) is 1.82. The number of halogens is 1. The Bertz CT molecular complexity index is 342. The first kappa shape index (κ1) is 10.8. The molecule has 0 saturated heterocycles. The molecule has 0 aromatic carbocycles. The average Bonchev–Trinajstić information content (AvgIpc) is 2.51. The largest absolute Gasteiger partial charge is 0.466 e. The van der Waals surface area contributed by atoms with Crippen molar-refractivity contribution in [3.8, 4) is 0 Å². The number of rotatable bonds is 4. The lowest BCUT2D eigenvalue weighted by atomic mass is 10.2. The number of esters is 1. The molecule has 0 N–H and O–H groups in total. The van der Waals surface area contributed by atoms with Crippen molar-refractivity contribution >= 4 is 23.4 Å². The van der Waals surface area contributed by atoms with Crippen molar-refractivity contribution in [2.75, 3.05) is 6.61 Å². The van der Waals surface area contributed by atoms with Gasteiger partial charge in [-0.15, -0.1) is 0 Å². The molecule has 14 heavy (non-hydrogen) atoms. The smallest absolute Gasteiger partial charge is 0.313 e. The van der Waals surface area contributed by atoms with E-state index in [1.54, 1.807) is 6.92 Å². The second-order valence-electron chi connectivity index (χ2n) is 2.51. The van der Waals surface area contributed by atoms with Crippen LogP contribution >= 0.6 is 11.6 Å². The Labute approximate surface area is 85.8 Å². The predicted molar refractivity (Wildman–Crippen MR) is 49.3 cm³/mol. The normalized spacial score (nSPS) is 9.86. The second kappa shape index (κ2) is 4.81. The fourth-order valence-corrected chi connectivity index (χ4v) is 1.15. The van der Waals surface area contributed by atoms with Gasteiger partial charge in [0, 0.05) is 0 Å². The number of carbonyl (C=O) groups is 2. The van der Waals surface area contributed by atoms with Crippen LogP contribution in [0, 0.1) is 0 Å². The number of furan rings is 1. The first-order valence-electron chi connectivity index (χ1n) is 4.07. The first-order valence-corrected chi connectivity index (χ1v) is 4.44. The quantitative estimate of drug-likeness (QED) is 0.439. The predicted octanol–water partition coefficient (Wildman–Crippen LogP) is 2.07. The monoisotopic (exact) mass is 216 g/mol. The third kappa shape index (κ3) is 2.60. The fraction of sp³-hybridized carbons (Fsp3) is 0.333. The summed E-state index contributed by atoms with van der Waals surface area (Å²) < 4.78 is 9.34. The molecule has 0 amide bonds. The molecule has 0 spiro atoms. The summed E-state index contributed by atoms with van der Waals surface area (Å²) in [7, 11) is 0. The Morgan fingerprint density at radius 3 is 2.79 bits per heavy atom. The lowest BCUT2D eigenvalue weighted by Gasteiger charge is -1.99. The standard InChI is InChI=1S/C9H9ClO4/c1-2-13-8(12)5-7(11)6-3-4-14-9(6)10/h3-4H,2,5H2,1H3. The highest BCUT2D eigenvalue weighted by molar-refractivity contribution is 6.32. The van der Waals surface area contributed by atoms with Gasteiger partial charge >= 0.3 is 5.97 Å². The topological polar surface area (TPSA) is 56.5 Å². The second-order valence-corrected chi connectivity index (χ2v) is 2.86. The number of ketones is 1. The van der Waals surface area contributed by atoms with Gasteiger partial charge in [0.15, 0.2) is 5.78 Å². The van der Waals surface area contributed by atoms with Crippen LogP contribution in [-0.2, 0) is 9.53 Å². The lowest BCUT2D eigenvalue weighted by molar-refractivity contribution is -0.141. The van der Waals surface area contributed by atoms with Crippen LogP contribution in [0.1, 0.15) is 23.7 Å². The molecule has 0 aliphatic carbocycles. The maximum Gasteiger partial charge on any atom is 0.313 e. The van der Waals surface area contributed by atoms with Gasteiger partial charge in [0.05, 0.1) is 18.4 Å². The highest BCUT2D eigenvalue weighted by Crippen LogP contribution is 2.18. The van der Waals surface area contributed by atoms with Gasteiger partial charge in [-0.3, -0.25) is 9.59 Å². The molecule has 1 aromatic heterocycles. The molecule has 1 heterocycles. The molecule has 1 aromatic rings. The minimum absolute atomic E-state index is 0.000650. The zero-order valence-corrected chi connectivity index (χ0v) is 8.34. The van der Waals surface area contributed by atoms with Gasteiger partial charge in [-0.2, -0.15) is 0 Å². The van der Waals surface area contributed by atoms with E-state index in [-0.39, 0.29) is 23.8 Å². The summed E-state index contributed by atoms with van der Waals surface area (Å²) in [6, 6.07) is 1.42. The summed E-state index contributed by atoms with van der Waals surface area (Å²) in [5.41, 5.74) is 0.208. The molecule has 0 radical (unpaired) electrons. The Kier molecular flexibility index (Phi) is 3.71. The number of carbonyl (C=O) groups excluding carboxylic acids is 2. The summed E-state index contributed by atoms with van der Waals surface area (Å²) in [5, 5.41) is -0.000650. The van der Waals surface area contributed by atoms with Gasteiger partial charge in [-0.25, -0.2) is 0 Å². The molecule has 0 unspecified atom stereocenters. The summed E-state index contributed by atoms with van der Waals surface area (Å²) in [6.07, 6.45) is 0.980. The highest BCUT2D eigenvalue weighted by atomic mass is 35.5. The summed E-state index contributed by atoms with van der Waals surface area (Å²) >= 11 is 5.56. The van der Waals surface area contributed by atoms with Gasteiger partial charge in [0.2, 0.25) is 5.22 Å². The maximum absolute atomic E-state index is 11.4. The molecule has 0 aliphatic heterocycles. The molecule has 4 nitrogen and oxygen atoms in total. The summed E-state index contributed by atoms with van der Waals surface area (Å²) in [4.78, 5) is 22.3. The number of Topliss-reactive ketones (excluding diaryl/α,β-unsaturated/α-hetero) is 1. The SMILES string of the molecule is CCOC(=O)CC(=O)c1ccoc1Cl. The van der Waals surface area contributed by atoms with E-state index < -0.39 is 11.8 Å². The molecule has 0 bridgehead atoms. The van der Waals surface area contributed by atoms with Crippen LogP contribution in [0.5, 0.6) is 0 Å². The molecule has 5 heteroatoms. The molecular formula is C9H9ClO4. The summed E-state index contributed by atoms with van der Waals surface area (Å²) in [5.74, 6) is -0.961. The van der Waals surface area contributed by atoms with Gasteiger partial charge in [0.25, 0.3) is 0 Å². The highest BCUT2D eigenvalue weighted by Gasteiger charge is 2.17. The molecule has 0 saturated carbocycles. The van der Waals surface area contributed by atoms with E-state index >= 15 is 0 Å². The number of hydrogen-bond acceptors (Lipinski definition) is 4. The van der Waals surface area contributed by atoms with Crippen LogP contribution in [0.2, 0.25) is 5.22 Å². The minimum Gasteiger partial charge on any atom is -0.466 e. The van der Waals surface area contributed by atoms with E-state index in [9.17, 15) is 9.59 Å². The van der Waals surface area contributed by atoms with Gasteiger partial charge in [-0.1, -0.05) is 0 Å². The zero-order valence-electron chi connectivity index (χ0n) is 7.58. The average molecular weight is 217 g/mol. The number of hydrogen-bond donors (Lipinski definition) is 0. The number of ether oxygens (including phenoxy) is 1. The molecule has 1 rings (SSSR count). The fourth-order valence-electron chi connectivity index (χ4n) is 0.932. The van der Waals surface area contributed by atoms with E-state index in [1.165, 1.54) is 12.3 Å². The Morgan fingerprint density at radius 1 is 1.57 bits per heavy atom. The van der Waals surface area contributed by atoms with E-state index in [0.717, 1.165) is 0 Å². The van der Waals surface area contributed by atoms with Gasteiger partial charge < -0.3 is 9.15 Å². The van der Waals surface area contributed by atoms with Crippen LogP contribution in [-0.4, -0.2) is 18.4 Å². The van der Waals surface area contributed by atoms with E-state index in [2.05, 4.69) is 4.74 Å². The minimum atomic E-state index is -0.560. The van der Waals surface area contributed by atoms with Crippen LogP contribution in [0.15, 0.2) is 16.7 Å². The summed E-state index contributed by atoms with van der Waals surface area (Å²) in [6.45, 7) is 1.93. The van der Waals surface area contributed by atoms with E-state index in [0.29, 0.717) is 0 Å². The molecule has 76 valence electrons. The van der Waals surface area contributed by atoms with Crippen LogP contribution in [0.4, 0.5) is 0 Å². The Morgan fingerprint density at radius 2 is 2.29 bits per heavy atom. The van der Waals surface area contributed by atoms with Crippen molar-refractivity contribution < 1.29 is 18.7 Å². The Balaban J connectivity index is 2.59. The molecule has 0 fully saturated rings. The van der Waals surface area contributed by atoms with Crippen LogP contribution < -0.4 is 0 Å². The van der Waals surface area contributed by atoms with Crippen LogP contribution in [0.3, 0.4) is 0 Å². The van der Waals surface area contributed by atoms with Crippen LogP contribution in [0.25, 0.3) is 0 Å². The van der Waals surface area contributed by atoms with Crippen molar-refractivity contribution in [2.45, 2.75) is 13.3 Å². The van der Waals surface area contributed by atoms with E-state index in [1.807, 2.05) is 0 Å². The van der Waals surface area contributed by atoms with Crippen molar-refractivity contribution in [1.82, 2.24) is 0 Å². The lowest BCUT2D eigenvalue weighted by Crippen LogP contribution is -2.10. The zero-order chi connectivity index (χ0) is 10.6. The Hall–Kier alpha value is -1.29. The third-order valence-electron chi connectivity index (χ3n) is 1.53. The van der Waals surface area contributed by atoms with Crippen molar-refractivity contribution in [2.24, 2.45) is 0 Å². The molecular weight excluding hydrogens is 208 g/mol. The molecule has 0 aliphatic rings. The maximum atomic E-state index is 11.4. The molecule has 0 atom stereocenters. The first-order chi connectivity index (χ1) is 6.65. The van der Waals surface area contributed by atoms with Crippen molar-refractivity contribution in [1.29, 1.82) is 0 Å². The van der Waals surface area contributed by atoms with Crippen molar-refractivity contribution in [3.05, 3.63) is 23.1 Å². The van der Waals surface area contributed by atoms with Crippen molar-refractivity contribution in [3.63, 3.8) is 0 Å². The van der Waals surface area contributed by atoms with E-state index in [4.69, 9.17) is 16.0 Å².